The van der Waals surface area contributed by atoms with E-state index in [0.29, 0.717) is 23.2 Å². The van der Waals surface area contributed by atoms with Gasteiger partial charge in [-0.1, -0.05) is 29.8 Å². The summed E-state index contributed by atoms with van der Waals surface area (Å²) in [4.78, 5) is 19.0. The Balaban J connectivity index is 1.82. The number of carbonyl (C=O) groups excluding carboxylic acids is 1. The van der Waals surface area contributed by atoms with Gasteiger partial charge in [0.25, 0.3) is 5.91 Å². The van der Waals surface area contributed by atoms with Crippen molar-refractivity contribution in [2.75, 3.05) is 13.1 Å². The maximum Gasteiger partial charge on any atom is 0.273 e. The molecule has 6 heteroatoms. The molecule has 0 spiro atoms. The minimum Gasteiger partial charge on any atom is -0.334 e. The van der Waals surface area contributed by atoms with Gasteiger partial charge in [0.2, 0.25) is 0 Å². The van der Waals surface area contributed by atoms with Crippen molar-refractivity contribution >= 4 is 28.8 Å². The van der Waals surface area contributed by atoms with E-state index in [1.807, 2.05) is 34.5 Å². The quantitative estimate of drug-likeness (QED) is 0.936. The average Bonchev–Trinajstić information content (AvgIpc) is 3.14. The number of benzene rings is 1. The van der Waals surface area contributed by atoms with Crippen LogP contribution in [-0.2, 0) is 0 Å². The van der Waals surface area contributed by atoms with Crippen molar-refractivity contribution in [3.05, 3.63) is 40.4 Å². The molecule has 22 heavy (non-hydrogen) atoms. The summed E-state index contributed by atoms with van der Waals surface area (Å²) in [6.07, 6.45) is 0.962. The molecule has 1 aromatic carbocycles. The fourth-order valence-corrected chi connectivity index (χ4v) is 3.99. The third-order valence-electron chi connectivity index (χ3n) is 4.08. The van der Waals surface area contributed by atoms with Gasteiger partial charge in [-0.05, 0) is 31.9 Å². The summed E-state index contributed by atoms with van der Waals surface area (Å²) in [6, 6.07) is 7.75. The number of nitrogens with two attached hydrogens (primary N) is 1. The van der Waals surface area contributed by atoms with E-state index in [4.69, 9.17) is 17.3 Å². The zero-order chi connectivity index (χ0) is 15.7. The first kappa shape index (κ1) is 15.5. The number of hydrogen-bond acceptors (Lipinski definition) is 4. The van der Waals surface area contributed by atoms with E-state index in [9.17, 15) is 4.79 Å². The minimum atomic E-state index is -0.0157. The van der Waals surface area contributed by atoms with Gasteiger partial charge >= 0.3 is 0 Å². The van der Waals surface area contributed by atoms with E-state index in [1.54, 1.807) is 0 Å². The molecule has 0 aliphatic carbocycles. The van der Waals surface area contributed by atoms with Gasteiger partial charge in [0, 0.05) is 23.5 Å². The van der Waals surface area contributed by atoms with Gasteiger partial charge in [0.05, 0.1) is 5.02 Å². The van der Waals surface area contributed by atoms with Crippen molar-refractivity contribution in [2.45, 2.75) is 19.4 Å². The molecule has 1 aliphatic heterocycles. The largest absolute Gasteiger partial charge is 0.334 e. The molecule has 1 aliphatic rings. The predicted octanol–water partition coefficient (Wildman–Crippen LogP) is 3.27. The fourth-order valence-electron chi connectivity index (χ4n) is 2.87. The maximum absolute atomic E-state index is 12.6. The molecule has 4 nitrogen and oxygen atoms in total. The molecular weight excluding hydrogens is 318 g/mol. The van der Waals surface area contributed by atoms with Crippen LogP contribution in [0.25, 0.3) is 10.6 Å². The van der Waals surface area contributed by atoms with E-state index in [2.05, 4.69) is 11.9 Å². The van der Waals surface area contributed by atoms with Gasteiger partial charge in [-0.3, -0.25) is 4.79 Å². The van der Waals surface area contributed by atoms with E-state index < -0.39 is 0 Å². The molecule has 2 unspecified atom stereocenters. The van der Waals surface area contributed by atoms with E-state index in [1.165, 1.54) is 11.3 Å². The van der Waals surface area contributed by atoms with Crippen molar-refractivity contribution < 1.29 is 4.79 Å². The highest BCUT2D eigenvalue weighted by Crippen LogP contribution is 2.31. The number of hydrogen-bond donors (Lipinski definition) is 1. The Morgan fingerprint density at radius 1 is 1.50 bits per heavy atom. The number of halogens is 1. The number of nitrogens with zero attached hydrogens (tertiary/aromatic N) is 2. The molecular formula is C16H18ClN3OS. The smallest absolute Gasteiger partial charge is 0.273 e. The molecule has 1 fully saturated rings. The first-order valence-electron chi connectivity index (χ1n) is 7.31. The Hall–Kier alpha value is -1.43. The molecule has 2 atom stereocenters. The van der Waals surface area contributed by atoms with Crippen LogP contribution < -0.4 is 5.73 Å². The highest BCUT2D eigenvalue weighted by molar-refractivity contribution is 7.13. The normalized spacial score (nSPS) is 21.3. The highest BCUT2D eigenvalue weighted by atomic mass is 35.5. The van der Waals surface area contributed by atoms with Crippen molar-refractivity contribution in [1.29, 1.82) is 0 Å². The number of aromatic nitrogens is 1. The van der Waals surface area contributed by atoms with Crippen LogP contribution in [0.2, 0.25) is 5.02 Å². The van der Waals surface area contributed by atoms with Crippen molar-refractivity contribution in [1.82, 2.24) is 9.88 Å². The Labute approximate surface area is 138 Å². The van der Waals surface area contributed by atoms with Crippen LogP contribution in [0, 0.1) is 5.92 Å². The standard InChI is InChI=1S/C16H18ClN3OS/c1-10-6-11(7-18)8-20(10)16(21)14-9-22-15(19-14)12-4-2-3-5-13(12)17/h2-5,9-11H,6-8,18H2,1H3. The second kappa shape index (κ2) is 6.36. The molecule has 2 heterocycles. The topological polar surface area (TPSA) is 59.2 Å². The van der Waals surface area contributed by atoms with Crippen LogP contribution in [-0.4, -0.2) is 34.9 Å². The third-order valence-corrected chi connectivity index (χ3v) is 5.29. The Morgan fingerprint density at radius 2 is 2.27 bits per heavy atom. The number of carbonyl (C=O) groups is 1. The maximum atomic E-state index is 12.6. The lowest BCUT2D eigenvalue weighted by atomic mass is 10.1. The minimum absolute atomic E-state index is 0.0157. The summed E-state index contributed by atoms with van der Waals surface area (Å²) in [5, 5.41) is 3.23. The predicted molar refractivity (Wildman–Crippen MR) is 90.2 cm³/mol. The first-order chi connectivity index (χ1) is 10.6. The monoisotopic (exact) mass is 335 g/mol. The molecule has 1 saturated heterocycles. The van der Waals surface area contributed by atoms with Crippen LogP contribution in [0.4, 0.5) is 0 Å². The van der Waals surface area contributed by atoms with Gasteiger partial charge in [-0.2, -0.15) is 0 Å². The average molecular weight is 336 g/mol. The highest BCUT2D eigenvalue weighted by Gasteiger charge is 2.33. The molecule has 2 aromatic rings. The lowest BCUT2D eigenvalue weighted by Crippen LogP contribution is -2.34. The second-order valence-corrected chi connectivity index (χ2v) is 6.93. The summed E-state index contributed by atoms with van der Waals surface area (Å²) in [5.41, 5.74) is 7.08. The molecule has 1 aromatic heterocycles. The number of likely N-dealkylation sites (tertiary alicyclic amines) is 1. The van der Waals surface area contributed by atoms with E-state index in [0.717, 1.165) is 23.5 Å². The molecule has 3 rings (SSSR count). The van der Waals surface area contributed by atoms with Gasteiger partial charge in [-0.25, -0.2) is 4.98 Å². The zero-order valence-electron chi connectivity index (χ0n) is 12.3. The van der Waals surface area contributed by atoms with Gasteiger partial charge < -0.3 is 10.6 Å². The van der Waals surface area contributed by atoms with Crippen LogP contribution in [0.3, 0.4) is 0 Å². The van der Waals surface area contributed by atoms with E-state index in [-0.39, 0.29) is 11.9 Å². The van der Waals surface area contributed by atoms with Gasteiger partial charge in [0.1, 0.15) is 10.7 Å². The summed E-state index contributed by atoms with van der Waals surface area (Å²) < 4.78 is 0. The first-order valence-corrected chi connectivity index (χ1v) is 8.57. The summed E-state index contributed by atoms with van der Waals surface area (Å²) >= 11 is 7.64. The molecule has 0 saturated carbocycles. The van der Waals surface area contributed by atoms with Gasteiger partial charge in [-0.15, -0.1) is 11.3 Å². The fraction of sp³-hybridized carbons (Fsp3) is 0.375. The second-order valence-electron chi connectivity index (χ2n) is 5.66. The molecule has 2 N–H and O–H groups in total. The Morgan fingerprint density at radius 3 is 2.95 bits per heavy atom. The number of amides is 1. The summed E-state index contributed by atoms with van der Waals surface area (Å²) in [6.45, 7) is 3.40. The zero-order valence-corrected chi connectivity index (χ0v) is 13.9. The third kappa shape index (κ3) is 2.89. The number of rotatable bonds is 3. The molecule has 116 valence electrons. The van der Waals surface area contributed by atoms with Crippen molar-refractivity contribution in [3.63, 3.8) is 0 Å². The van der Waals surface area contributed by atoms with Crippen molar-refractivity contribution in [3.8, 4) is 10.6 Å². The van der Waals surface area contributed by atoms with Crippen LogP contribution in [0.1, 0.15) is 23.8 Å². The Kier molecular flexibility index (Phi) is 4.47. The van der Waals surface area contributed by atoms with E-state index >= 15 is 0 Å². The lowest BCUT2D eigenvalue weighted by molar-refractivity contribution is 0.0738. The SMILES string of the molecule is CC1CC(CN)CN1C(=O)c1csc(-c2ccccc2Cl)n1. The molecule has 0 radical (unpaired) electrons. The van der Waals surface area contributed by atoms with Crippen molar-refractivity contribution in [2.24, 2.45) is 11.7 Å². The number of thiazole rings is 1. The Bertz CT molecular complexity index is 688. The lowest BCUT2D eigenvalue weighted by Gasteiger charge is -2.20. The van der Waals surface area contributed by atoms with Crippen LogP contribution in [0.5, 0.6) is 0 Å². The van der Waals surface area contributed by atoms with Crippen LogP contribution in [0.15, 0.2) is 29.6 Å². The van der Waals surface area contributed by atoms with Crippen LogP contribution >= 0.6 is 22.9 Å². The summed E-state index contributed by atoms with van der Waals surface area (Å²) in [7, 11) is 0. The summed E-state index contributed by atoms with van der Waals surface area (Å²) in [5.74, 6) is 0.374. The molecule has 1 amide bonds. The molecule has 0 bridgehead atoms. The van der Waals surface area contributed by atoms with Gasteiger partial charge in [0.15, 0.2) is 0 Å².